The van der Waals surface area contributed by atoms with E-state index in [1.165, 1.54) is 0 Å². The zero-order valence-corrected chi connectivity index (χ0v) is 16.5. The lowest BCUT2D eigenvalue weighted by Crippen LogP contribution is -2.47. The molecule has 0 spiro atoms. The van der Waals surface area contributed by atoms with Gasteiger partial charge in [0.25, 0.3) is 0 Å². The van der Waals surface area contributed by atoms with E-state index in [-0.39, 0.29) is 10.8 Å². The van der Waals surface area contributed by atoms with Crippen molar-refractivity contribution in [3.63, 3.8) is 0 Å². The van der Waals surface area contributed by atoms with Crippen LogP contribution < -0.4 is 4.72 Å². The summed E-state index contributed by atoms with van der Waals surface area (Å²) >= 11 is 0. The zero-order chi connectivity index (χ0) is 19.2. The Labute approximate surface area is 159 Å². The van der Waals surface area contributed by atoms with Crippen molar-refractivity contribution in [3.8, 4) is 0 Å². The van der Waals surface area contributed by atoms with Gasteiger partial charge in [-0.05, 0) is 57.9 Å². The first-order valence-corrected chi connectivity index (χ1v) is 10.6. The van der Waals surface area contributed by atoms with Crippen LogP contribution in [0.5, 0.6) is 0 Å². The summed E-state index contributed by atoms with van der Waals surface area (Å²) in [6.07, 6.45) is 4.28. The zero-order valence-electron chi connectivity index (χ0n) is 15.7. The molecule has 1 aliphatic carbocycles. The summed E-state index contributed by atoms with van der Waals surface area (Å²) in [5, 5.41) is 4.69. The second kappa shape index (κ2) is 6.42. The highest BCUT2D eigenvalue weighted by atomic mass is 32.2. The van der Waals surface area contributed by atoms with E-state index in [9.17, 15) is 8.42 Å². The van der Waals surface area contributed by atoms with Crippen LogP contribution in [0.4, 0.5) is 0 Å². The van der Waals surface area contributed by atoms with Crippen molar-refractivity contribution in [1.82, 2.24) is 14.9 Å². The van der Waals surface area contributed by atoms with Crippen LogP contribution in [0.2, 0.25) is 0 Å². The number of hydrogen-bond donors (Lipinski definition) is 1. The Bertz CT molecular complexity index is 1080. The van der Waals surface area contributed by atoms with Gasteiger partial charge in [0.2, 0.25) is 10.0 Å². The summed E-state index contributed by atoms with van der Waals surface area (Å²) in [5.41, 5.74) is 1.93. The predicted molar refractivity (Wildman–Crippen MR) is 103 cm³/mol. The molecule has 3 aromatic rings. The third-order valence-corrected chi connectivity index (χ3v) is 7.33. The van der Waals surface area contributed by atoms with Gasteiger partial charge in [-0.15, -0.1) is 0 Å². The minimum absolute atomic E-state index is 0.0339. The molecule has 1 aliphatic rings. The highest BCUT2D eigenvalue weighted by Gasteiger charge is 2.45. The number of nitrogens with zero attached hydrogens (tertiary/aromatic N) is 2. The molecule has 0 bridgehead atoms. The quantitative estimate of drug-likeness (QED) is 0.737. The molecule has 0 aliphatic heterocycles. The van der Waals surface area contributed by atoms with Crippen molar-refractivity contribution >= 4 is 20.9 Å². The molecule has 27 heavy (non-hydrogen) atoms. The molecule has 1 fully saturated rings. The minimum Gasteiger partial charge on any atom is -0.361 e. The molecule has 142 valence electrons. The Morgan fingerprint density at radius 3 is 2.78 bits per heavy atom. The average Bonchev–Trinajstić information content (AvgIpc) is 3.15. The number of hydrogen-bond acceptors (Lipinski definition) is 5. The highest BCUT2D eigenvalue weighted by molar-refractivity contribution is 7.89. The number of pyridine rings is 1. The van der Waals surface area contributed by atoms with Crippen LogP contribution in [-0.4, -0.2) is 24.1 Å². The molecular formula is C20H23N3O3S. The first kappa shape index (κ1) is 18.1. The van der Waals surface area contributed by atoms with E-state index in [4.69, 9.17) is 4.52 Å². The molecule has 2 heterocycles. The second-order valence-corrected chi connectivity index (χ2v) is 9.18. The second-order valence-electron chi connectivity index (χ2n) is 7.53. The van der Waals surface area contributed by atoms with Gasteiger partial charge in [0, 0.05) is 28.6 Å². The lowest BCUT2D eigenvalue weighted by Gasteiger charge is -2.32. The summed E-state index contributed by atoms with van der Waals surface area (Å²) in [5.74, 6) is 0.797. The van der Waals surface area contributed by atoms with Gasteiger partial charge in [-0.3, -0.25) is 4.98 Å². The third-order valence-electron chi connectivity index (χ3n) is 5.66. The molecule has 1 aromatic carbocycles. The monoisotopic (exact) mass is 385 g/mol. The Morgan fingerprint density at radius 1 is 1.22 bits per heavy atom. The van der Waals surface area contributed by atoms with Gasteiger partial charge in [0.1, 0.15) is 5.76 Å². The third kappa shape index (κ3) is 3.04. The normalized spacial score (nSPS) is 23.1. The Hall–Kier alpha value is -2.25. The number of nitrogens with one attached hydrogen (secondary N) is 1. The van der Waals surface area contributed by atoms with Gasteiger partial charge in [0.15, 0.2) is 0 Å². The maximum Gasteiger partial charge on any atom is 0.241 e. The van der Waals surface area contributed by atoms with Gasteiger partial charge in [-0.25, -0.2) is 13.1 Å². The van der Waals surface area contributed by atoms with Crippen molar-refractivity contribution in [2.75, 3.05) is 0 Å². The van der Waals surface area contributed by atoms with Gasteiger partial charge < -0.3 is 4.52 Å². The number of aryl methyl sites for hydroxylation is 2. The smallest absolute Gasteiger partial charge is 0.241 e. The molecule has 1 saturated carbocycles. The summed E-state index contributed by atoms with van der Waals surface area (Å²) in [4.78, 5) is 4.53. The largest absolute Gasteiger partial charge is 0.361 e. The van der Waals surface area contributed by atoms with Crippen LogP contribution in [-0.2, 0) is 10.0 Å². The molecule has 0 saturated heterocycles. The molecule has 1 N–H and O–H groups in total. The van der Waals surface area contributed by atoms with Crippen molar-refractivity contribution in [3.05, 3.63) is 53.5 Å². The standard InChI is InChI=1S/C20H23N3O3S/c1-13-19(14(2)26-22-13)16-8-5-11-20(16,3)23-27(24,25)18-10-4-9-17-15(18)7-6-12-21-17/h4,6-7,9-10,12,16,23H,5,8,11H2,1-3H3. The summed E-state index contributed by atoms with van der Waals surface area (Å²) < 4.78 is 35.0. The first-order valence-electron chi connectivity index (χ1n) is 9.12. The fourth-order valence-corrected chi connectivity index (χ4v) is 6.10. The molecule has 2 atom stereocenters. The fraction of sp³-hybridized carbons (Fsp3) is 0.400. The van der Waals surface area contributed by atoms with Crippen molar-refractivity contribution < 1.29 is 12.9 Å². The van der Waals surface area contributed by atoms with Crippen LogP contribution in [0.25, 0.3) is 10.9 Å². The van der Waals surface area contributed by atoms with Crippen LogP contribution >= 0.6 is 0 Å². The fourth-order valence-electron chi connectivity index (χ4n) is 4.41. The average molecular weight is 385 g/mol. The number of fused-ring (bicyclic) bond motifs is 1. The Balaban J connectivity index is 1.75. The Kier molecular flexibility index (Phi) is 4.31. The molecule has 2 aromatic heterocycles. The molecule has 4 rings (SSSR count). The molecular weight excluding hydrogens is 362 g/mol. The number of benzene rings is 1. The van der Waals surface area contributed by atoms with Crippen LogP contribution in [0.15, 0.2) is 45.9 Å². The van der Waals surface area contributed by atoms with Gasteiger partial charge in [0.05, 0.1) is 16.1 Å². The molecule has 6 nitrogen and oxygen atoms in total. The van der Waals surface area contributed by atoms with Crippen molar-refractivity contribution in [1.29, 1.82) is 0 Å². The molecule has 2 unspecified atom stereocenters. The topological polar surface area (TPSA) is 85.1 Å². The van der Waals surface area contributed by atoms with Crippen LogP contribution in [0, 0.1) is 13.8 Å². The summed E-state index contributed by atoms with van der Waals surface area (Å²) in [7, 11) is -3.72. The number of sulfonamides is 1. The van der Waals surface area contributed by atoms with E-state index in [0.717, 1.165) is 36.3 Å². The summed E-state index contributed by atoms with van der Waals surface area (Å²) in [6.45, 7) is 5.78. The minimum atomic E-state index is -3.72. The van der Waals surface area contributed by atoms with E-state index < -0.39 is 15.6 Å². The molecule has 0 radical (unpaired) electrons. The van der Waals surface area contributed by atoms with Gasteiger partial charge in [-0.1, -0.05) is 17.6 Å². The highest BCUT2D eigenvalue weighted by Crippen LogP contribution is 2.45. The first-order chi connectivity index (χ1) is 12.8. The van der Waals surface area contributed by atoms with Gasteiger partial charge >= 0.3 is 0 Å². The maximum atomic E-state index is 13.3. The maximum absolute atomic E-state index is 13.3. The number of aromatic nitrogens is 2. The summed E-state index contributed by atoms with van der Waals surface area (Å²) in [6, 6.07) is 8.73. The van der Waals surface area contributed by atoms with E-state index >= 15 is 0 Å². The van der Waals surface area contributed by atoms with E-state index in [2.05, 4.69) is 14.9 Å². The van der Waals surface area contributed by atoms with Crippen LogP contribution in [0.3, 0.4) is 0 Å². The lowest BCUT2D eigenvalue weighted by atomic mass is 9.83. The van der Waals surface area contributed by atoms with Crippen molar-refractivity contribution in [2.24, 2.45) is 0 Å². The molecule has 0 amide bonds. The molecule has 7 heteroatoms. The van der Waals surface area contributed by atoms with E-state index in [1.807, 2.05) is 26.8 Å². The SMILES string of the molecule is Cc1noc(C)c1C1CCCC1(C)NS(=O)(=O)c1cccc2ncccc12. The lowest BCUT2D eigenvalue weighted by molar-refractivity contribution is 0.370. The van der Waals surface area contributed by atoms with Gasteiger partial charge in [-0.2, -0.15) is 0 Å². The van der Waals surface area contributed by atoms with Crippen molar-refractivity contribution in [2.45, 2.75) is 56.4 Å². The number of rotatable bonds is 4. The Morgan fingerprint density at radius 2 is 2.04 bits per heavy atom. The van der Waals surface area contributed by atoms with E-state index in [1.54, 1.807) is 30.5 Å². The van der Waals surface area contributed by atoms with E-state index in [0.29, 0.717) is 10.9 Å². The predicted octanol–water partition coefficient (Wildman–Crippen LogP) is 3.84. The van der Waals surface area contributed by atoms with Crippen LogP contribution in [0.1, 0.15) is 49.1 Å².